The fourth-order valence-electron chi connectivity index (χ4n) is 2.19. The monoisotopic (exact) mass is 279 g/mol. The van der Waals surface area contributed by atoms with Crippen LogP contribution in [0.15, 0.2) is 24.3 Å². The average Bonchev–Trinajstić information content (AvgIpc) is 2.47. The standard InChI is InChI=1S/C15H21NO4/c1-19-10-12-2-4-13(5-3-12)14(17)16-11-15(18)6-8-20-9-7-15/h2-5,18H,6-11H2,1H3,(H,16,17). The predicted molar refractivity (Wildman–Crippen MR) is 74.5 cm³/mol. The van der Waals surface area contributed by atoms with Crippen LogP contribution in [0, 0.1) is 0 Å². The van der Waals surface area contributed by atoms with Crippen molar-refractivity contribution in [3.05, 3.63) is 35.4 Å². The molecule has 0 spiro atoms. The number of hydrogen-bond donors (Lipinski definition) is 2. The summed E-state index contributed by atoms with van der Waals surface area (Å²) < 4.78 is 10.2. The summed E-state index contributed by atoms with van der Waals surface area (Å²) in [6.07, 6.45) is 1.11. The van der Waals surface area contributed by atoms with Gasteiger partial charge in [0.15, 0.2) is 0 Å². The van der Waals surface area contributed by atoms with Gasteiger partial charge in [0.2, 0.25) is 0 Å². The van der Waals surface area contributed by atoms with Crippen molar-refractivity contribution in [3.63, 3.8) is 0 Å². The highest BCUT2D eigenvalue weighted by Crippen LogP contribution is 2.19. The highest BCUT2D eigenvalue weighted by molar-refractivity contribution is 5.94. The summed E-state index contributed by atoms with van der Waals surface area (Å²) in [7, 11) is 1.63. The zero-order valence-electron chi connectivity index (χ0n) is 11.7. The van der Waals surface area contributed by atoms with E-state index in [1.807, 2.05) is 12.1 Å². The fourth-order valence-corrected chi connectivity index (χ4v) is 2.19. The minimum atomic E-state index is -0.843. The van der Waals surface area contributed by atoms with Gasteiger partial charge in [0, 0.05) is 45.3 Å². The zero-order chi connectivity index (χ0) is 14.4. The molecule has 1 aliphatic heterocycles. The lowest BCUT2D eigenvalue weighted by molar-refractivity contribution is -0.0605. The van der Waals surface area contributed by atoms with E-state index in [0.29, 0.717) is 38.2 Å². The number of nitrogens with one attached hydrogen (secondary N) is 1. The van der Waals surface area contributed by atoms with Gasteiger partial charge in [0.25, 0.3) is 5.91 Å². The van der Waals surface area contributed by atoms with Gasteiger partial charge in [-0.05, 0) is 17.7 Å². The number of rotatable bonds is 5. The quantitative estimate of drug-likeness (QED) is 0.847. The van der Waals surface area contributed by atoms with Crippen LogP contribution in [0.4, 0.5) is 0 Å². The Morgan fingerprint density at radius 1 is 1.35 bits per heavy atom. The molecular weight excluding hydrogens is 258 g/mol. The molecule has 1 aromatic carbocycles. The molecule has 1 aromatic rings. The minimum absolute atomic E-state index is 0.172. The molecule has 5 nitrogen and oxygen atoms in total. The topological polar surface area (TPSA) is 67.8 Å². The molecule has 0 aliphatic carbocycles. The van der Waals surface area contributed by atoms with Gasteiger partial charge in [0.1, 0.15) is 0 Å². The summed E-state index contributed by atoms with van der Waals surface area (Å²) in [4.78, 5) is 12.0. The third-order valence-corrected chi connectivity index (χ3v) is 3.53. The Bertz CT molecular complexity index is 438. The lowest BCUT2D eigenvalue weighted by Crippen LogP contribution is -2.46. The molecule has 0 aromatic heterocycles. The Kier molecular flexibility index (Phi) is 5.11. The van der Waals surface area contributed by atoms with Gasteiger partial charge in [0.05, 0.1) is 12.2 Å². The van der Waals surface area contributed by atoms with E-state index in [9.17, 15) is 9.90 Å². The molecule has 0 radical (unpaired) electrons. The maximum Gasteiger partial charge on any atom is 0.251 e. The molecule has 0 saturated carbocycles. The maximum absolute atomic E-state index is 12.0. The third kappa shape index (κ3) is 4.03. The number of aliphatic hydroxyl groups is 1. The molecule has 2 N–H and O–H groups in total. The second-order valence-electron chi connectivity index (χ2n) is 5.15. The number of hydrogen-bond acceptors (Lipinski definition) is 4. The normalized spacial score (nSPS) is 17.7. The van der Waals surface area contributed by atoms with E-state index in [-0.39, 0.29) is 12.5 Å². The Morgan fingerprint density at radius 3 is 2.60 bits per heavy atom. The average molecular weight is 279 g/mol. The van der Waals surface area contributed by atoms with Crippen LogP contribution in [0.5, 0.6) is 0 Å². The molecule has 1 fully saturated rings. The molecule has 110 valence electrons. The van der Waals surface area contributed by atoms with Crippen molar-refractivity contribution in [1.29, 1.82) is 0 Å². The van der Waals surface area contributed by atoms with Crippen LogP contribution in [0.1, 0.15) is 28.8 Å². The maximum atomic E-state index is 12.0. The van der Waals surface area contributed by atoms with E-state index >= 15 is 0 Å². The van der Waals surface area contributed by atoms with Gasteiger partial charge in [-0.3, -0.25) is 4.79 Å². The van der Waals surface area contributed by atoms with Crippen molar-refractivity contribution in [2.45, 2.75) is 25.0 Å². The lowest BCUT2D eigenvalue weighted by atomic mass is 9.94. The molecule has 0 bridgehead atoms. The first-order valence-electron chi connectivity index (χ1n) is 6.79. The van der Waals surface area contributed by atoms with Gasteiger partial charge in [-0.1, -0.05) is 12.1 Å². The van der Waals surface area contributed by atoms with Crippen molar-refractivity contribution >= 4 is 5.91 Å². The summed E-state index contributed by atoms with van der Waals surface area (Å²) in [6.45, 7) is 1.87. The zero-order valence-corrected chi connectivity index (χ0v) is 11.7. The van der Waals surface area contributed by atoms with E-state index in [1.165, 1.54) is 0 Å². The van der Waals surface area contributed by atoms with Crippen LogP contribution in [0.25, 0.3) is 0 Å². The Morgan fingerprint density at radius 2 is 2.00 bits per heavy atom. The van der Waals surface area contributed by atoms with Crippen molar-refractivity contribution in [2.75, 3.05) is 26.9 Å². The molecular formula is C15H21NO4. The van der Waals surface area contributed by atoms with Gasteiger partial charge in [-0.15, -0.1) is 0 Å². The summed E-state index contributed by atoms with van der Waals surface area (Å²) in [6, 6.07) is 7.25. The van der Waals surface area contributed by atoms with E-state index in [2.05, 4.69) is 5.32 Å². The number of carbonyl (C=O) groups excluding carboxylic acids is 1. The molecule has 2 rings (SSSR count). The number of ether oxygens (including phenoxy) is 2. The minimum Gasteiger partial charge on any atom is -0.388 e. The summed E-state index contributed by atoms with van der Waals surface area (Å²) in [5, 5.41) is 13.1. The largest absolute Gasteiger partial charge is 0.388 e. The predicted octanol–water partition coefficient (Wildman–Crippen LogP) is 1.10. The number of carbonyl (C=O) groups is 1. The molecule has 1 amide bonds. The number of methoxy groups -OCH3 is 1. The summed E-state index contributed by atoms with van der Waals surface area (Å²) >= 11 is 0. The van der Waals surface area contributed by atoms with Crippen molar-refractivity contribution < 1.29 is 19.4 Å². The highest BCUT2D eigenvalue weighted by atomic mass is 16.5. The molecule has 20 heavy (non-hydrogen) atoms. The molecule has 1 heterocycles. The first-order valence-corrected chi connectivity index (χ1v) is 6.79. The van der Waals surface area contributed by atoms with Crippen LogP contribution in [0.3, 0.4) is 0 Å². The molecule has 0 atom stereocenters. The van der Waals surface area contributed by atoms with Crippen LogP contribution in [-0.4, -0.2) is 43.5 Å². The van der Waals surface area contributed by atoms with Gasteiger partial charge >= 0.3 is 0 Å². The van der Waals surface area contributed by atoms with Gasteiger partial charge in [-0.25, -0.2) is 0 Å². The Hall–Kier alpha value is -1.43. The Balaban J connectivity index is 1.87. The van der Waals surface area contributed by atoms with Crippen LogP contribution in [-0.2, 0) is 16.1 Å². The number of benzene rings is 1. The van der Waals surface area contributed by atoms with E-state index in [1.54, 1.807) is 19.2 Å². The molecule has 1 saturated heterocycles. The van der Waals surface area contributed by atoms with Crippen molar-refractivity contribution in [1.82, 2.24) is 5.32 Å². The second kappa shape index (κ2) is 6.83. The molecule has 5 heteroatoms. The van der Waals surface area contributed by atoms with Gasteiger partial charge < -0.3 is 19.9 Å². The summed E-state index contributed by atoms with van der Waals surface area (Å²) in [5.41, 5.74) is 0.761. The van der Waals surface area contributed by atoms with Crippen LogP contribution >= 0.6 is 0 Å². The highest BCUT2D eigenvalue weighted by Gasteiger charge is 2.30. The molecule has 0 unspecified atom stereocenters. The Labute approximate surface area is 118 Å². The van der Waals surface area contributed by atoms with Crippen LogP contribution in [0.2, 0.25) is 0 Å². The van der Waals surface area contributed by atoms with Crippen molar-refractivity contribution in [3.8, 4) is 0 Å². The summed E-state index contributed by atoms with van der Waals surface area (Å²) in [5.74, 6) is -0.172. The van der Waals surface area contributed by atoms with Gasteiger partial charge in [-0.2, -0.15) is 0 Å². The van der Waals surface area contributed by atoms with E-state index < -0.39 is 5.60 Å². The van der Waals surface area contributed by atoms with Crippen LogP contribution < -0.4 is 5.32 Å². The SMILES string of the molecule is COCc1ccc(C(=O)NCC2(O)CCOCC2)cc1. The molecule has 1 aliphatic rings. The smallest absolute Gasteiger partial charge is 0.251 e. The third-order valence-electron chi connectivity index (χ3n) is 3.53. The van der Waals surface area contributed by atoms with Crippen molar-refractivity contribution in [2.24, 2.45) is 0 Å². The number of amides is 1. The lowest BCUT2D eigenvalue weighted by Gasteiger charge is -2.32. The first kappa shape index (κ1) is 15.0. The van der Waals surface area contributed by atoms with E-state index in [0.717, 1.165) is 5.56 Å². The first-order chi connectivity index (χ1) is 9.63. The fraction of sp³-hybridized carbons (Fsp3) is 0.533. The van der Waals surface area contributed by atoms with E-state index in [4.69, 9.17) is 9.47 Å². The second-order valence-corrected chi connectivity index (χ2v) is 5.15.